The zero-order chi connectivity index (χ0) is 22.6. The van der Waals surface area contributed by atoms with Crippen molar-refractivity contribution in [3.63, 3.8) is 0 Å². The number of aliphatic hydroxyl groups excluding tert-OH is 1. The van der Waals surface area contributed by atoms with Crippen LogP contribution in [0.15, 0.2) is 0 Å². The van der Waals surface area contributed by atoms with Crippen molar-refractivity contribution in [2.75, 3.05) is 0 Å². The minimum absolute atomic E-state index is 0.0230. The molecule has 0 saturated heterocycles. The fourth-order valence-electron chi connectivity index (χ4n) is 10.3. The molecule has 1 N–H and O–H groups in total. The lowest BCUT2D eigenvalue weighted by molar-refractivity contribution is -0.150. The van der Waals surface area contributed by atoms with Crippen LogP contribution in [0.2, 0.25) is 0 Å². The third-order valence-electron chi connectivity index (χ3n) is 12.2. The molecule has 0 aromatic rings. The Morgan fingerprint density at radius 3 is 2.23 bits per heavy atom. The zero-order valence-corrected chi connectivity index (χ0v) is 22.0. The second-order valence-corrected chi connectivity index (χ2v) is 13.8. The van der Waals surface area contributed by atoms with E-state index >= 15 is 0 Å². The molecule has 4 aliphatic carbocycles. The van der Waals surface area contributed by atoms with Crippen molar-refractivity contribution in [3.8, 4) is 0 Å². The van der Waals surface area contributed by atoms with Gasteiger partial charge in [0, 0.05) is 0 Å². The summed E-state index contributed by atoms with van der Waals surface area (Å²) in [5.74, 6) is 8.07. The van der Waals surface area contributed by atoms with Crippen LogP contribution in [0.3, 0.4) is 0 Å². The van der Waals surface area contributed by atoms with E-state index < -0.39 is 0 Å². The maximum Gasteiger partial charge on any atom is 0.0543 e. The molecular weight excluding hydrogens is 376 g/mol. The summed E-state index contributed by atoms with van der Waals surface area (Å²) in [5.41, 5.74) is 1.10. The largest absolute Gasteiger partial charge is 0.393 e. The fourth-order valence-corrected chi connectivity index (χ4v) is 10.3. The van der Waals surface area contributed by atoms with Crippen molar-refractivity contribution in [3.05, 3.63) is 0 Å². The van der Waals surface area contributed by atoms with Crippen LogP contribution in [0.5, 0.6) is 0 Å². The summed E-state index contributed by atoms with van der Waals surface area (Å²) in [6, 6.07) is 0. The Kier molecular flexibility index (Phi) is 6.96. The molecule has 1 heteroatoms. The molecule has 4 fully saturated rings. The van der Waals surface area contributed by atoms with Crippen LogP contribution in [0.25, 0.3) is 0 Å². The Balaban J connectivity index is 1.49. The predicted molar refractivity (Wildman–Crippen MR) is 133 cm³/mol. The lowest BCUT2D eigenvalue weighted by Gasteiger charge is -2.63. The molecule has 4 saturated carbocycles. The van der Waals surface area contributed by atoms with E-state index in [9.17, 15) is 5.11 Å². The molecule has 0 bridgehead atoms. The highest BCUT2D eigenvalue weighted by molar-refractivity contribution is 5.11. The molecule has 0 amide bonds. The maximum absolute atomic E-state index is 10.4. The Hall–Kier alpha value is -0.0400. The van der Waals surface area contributed by atoms with Crippen molar-refractivity contribution in [2.24, 2.45) is 64.1 Å². The third-order valence-corrected chi connectivity index (χ3v) is 12.2. The summed E-state index contributed by atoms with van der Waals surface area (Å²) in [6.07, 6.45) is 15.0. The van der Waals surface area contributed by atoms with Crippen LogP contribution < -0.4 is 0 Å². The topological polar surface area (TPSA) is 20.2 Å². The highest BCUT2D eigenvalue weighted by Crippen LogP contribution is 2.69. The second kappa shape index (κ2) is 8.96. The Morgan fingerprint density at radius 2 is 1.55 bits per heavy atom. The third kappa shape index (κ3) is 4.06. The van der Waals surface area contributed by atoms with Crippen molar-refractivity contribution in [1.82, 2.24) is 0 Å². The Bertz CT molecular complexity index is 612. The lowest BCUT2D eigenvalue weighted by atomic mass is 9.42. The van der Waals surface area contributed by atoms with Gasteiger partial charge in [-0.3, -0.25) is 0 Å². The van der Waals surface area contributed by atoms with E-state index in [1.165, 1.54) is 57.8 Å². The molecule has 0 aromatic carbocycles. The molecule has 0 aliphatic heterocycles. The summed E-state index contributed by atoms with van der Waals surface area (Å²) in [6.45, 7) is 17.8. The molecule has 0 heterocycles. The van der Waals surface area contributed by atoms with Crippen LogP contribution in [0.1, 0.15) is 119 Å². The molecular formula is C30H54O. The number of hydrogen-bond acceptors (Lipinski definition) is 1. The van der Waals surface area contributed by atoms with Crippen LogP contribution in [0, 0.1) is 64.1 Å². The number of rotatable bonds is 6. The molecule has 4 unspecified atom stereocenters. The summed E-state index contributed by atoms with van der Waals surface area (Å²) in [5, 5.41) is 10.4. The quantitative estimate of drug-likeness (QED) is 0.449. The Morgan fingerprint density at radius 1 is 0.871 bits per heavy atom. The summed E-state index contributed by atoms with van der Waals surface area (Å²) < 4.78 is 0. The lowest BCUT2D eigenvalue weighted by Crippen LogP contribution is -2.56. The molecule has 180 valence electrons. The van der Waals surface area contributed by atoms with Gasteiger partial charge < -0.3 is 5.11 Å². The van der Waals surface area contributed by atoms with Gasteiger partial charge in [-0.25, -0.2) is 0 Å². The van der Waals surface area contributed by atoms with Crippen LogP contribution in [-0.2, 0) is 0 Å². The van der Waals surface area contributed by atoms with E-state index in [4.69, 9.17) is 0 Å². The first kappa shape index (κ1) is 24.1. The molecule has 0 spiro atoms. The SMILES string of the molecule is CC[C@H](CCC(C)[C@H]1CCC2[C@@H]3C(C)C[C@@H]4C[C@@H](O)CC[C@]4(C)C3CC[C@@]21C)C(C)C. The first-order valence-electron chi connectivity index (χ1n) is 14.3. The average Bonchev–Trinajstić information content (AvgIpc) is 3.06. The minimum atomic E-state index is -0.0230. The Labute approximate surface area is 194 Å². The second-order valence-electron chi connectivity index (χ2n) is 13.8. The van der Waals surface area contributed by atoms with Crippen LogP contribution in [-0.4, -0.2) is 11.2 Å². The normalized spacial score (nSPS) is 49.3. The number of aliphatic hydroxyl groups is 1. The van der Waals surface area contributed by atoms with Crippen molar-refractivity contribution < 1.29 is 5.11 Å². The predicted octanol–water partition coefficient (Wildman–Crippen LogP) is 8.35. The van der Waals surface area contributed by atoms with Gasteiger partial charge in [0.05, 0.1) is 6.10 Å². The highest BCUT2D eigenvalue weighted by atomic mass is 16.3. The molecule has 1 nitrogen and oxygen atoms in total. The van der Waals surface area contributed by atoms with Crippen LogP contribution in [0.4, 0.5) is 0 Å². The van der Waals surface area contributed by atoms with Gasteiger partial charge in [0.1, 0.15) is 0 Å². The van der Waals surface area contributed by atoms with E-state index in [-0.39, 0.29) is 6.10 Å². The summed E-state index contributed by atoms with van der Waals surface area (Å²) in [4.78, 5) is 0. The van der Waals surface area contributed by atoms with Crippen molar-refractivity contribution in [2.45, 2.75) is 125 Å². The standard InChI is InChI=1S/C30H54O/c1-8-22(19(2)3)10-9-20(4)25-11-12-26-28-21(5)17-23-18-24(31)13-15-29(23,6)27(28)14-16-30(25,26)7/h19-28,31H,8-18H2,1-7H3/t20?,21?,22-,23-,24+,25-,26?,27?,28+,29+,30-/m1/s1. The van der Waals surface area contributed by atoms with E-state index in [2.05, 4.69) is 48.5 Å². The monoisotopic (exact) mass is 430 g/mol. The summed E-state index contributed by atoms with van der Waals surface area (Å²) in [7, 11) is 0. The van der Waals surface area contributed by atoms with Gasteiger partial charge in [-0.1, -0.05) is 61.3 Å². The molecule has 31 heavy (non-hydrogen) atoms. The van der Waals surface area contributed by atoms with Crippen molar-refractivity contribution in [1.29, 1.82) is 0 Å². The van der Waals surface area contributed by atoms with Gasteiger partial charge in [-0.2, -0.15) is 0 Å². The molecule has 11 atom stereocenters. The zero-order valence-electron chi connectivity index (χ0n) is 22.0. The minimum Gasteiger partial charge on any atom is -0.393 e. The van der Waals surface area contributed by atoms with Gasteiger partial charge >= 0.3 is 0 Å². The molecule has 4 aliphatic rings. The molecule has 0 aromatic heterocycles. The van der Waals surface area contributed by atoms with Gasteiger partial charge in [0.15, 0.2) is 0 Å². The smallest absolute Gasteiger partial charge is 0.0543 e. The van der Waals surface area contributed by atoms with Gasteiger partial charge in [0.25, 0.3) is 0 Å². The first-order valence-corrected chi connectivity index (χ1v) is 14.3. The van der Waals surface area contributed by atoms with E-state index in [1.807, 2.05) is 0 Å². The van der Waals surface area contributed by atoms with E-state index in [0.717, 1.165) is 66.1 Å². The molecule has 4 rings (SSSR count). The number of fused-ring (bicyclic) bond motifs is 5. The first-order chi connectivity index (χ1) is 14.6. The van der Waals surface area contributed by atoms with Crippen LogP contribution >= 0.6 is 0 Å². The van der Waals surface area contributed by atoms with Gasteiger partial charge in [0.2, 0.25) is 0 Å². The molecule has 0 radical (unpaired) electrons. The maximum atomic E-state index is 10.4. The summed E-state index contributed by atoms with van der Waals surface area (Å²) >= 11 is 0. The van der Waals surface area contributed by atoms with E-state index in [0.29, 0.717) is 10.8 Å². The fraction of sp³-hybridized carbons (Fsp3) is 1.00. The number of hydrogen-bond donors (Lipinski definition) is 1. The van der Waals surface area contributed by atoms with Crippen molar-refractivity contribution >= 4 is 0 Å². The highest BCUT2D eigenvalue weighted by Gasteiger charge is 2.62. The van der Waals surface area contributed by atoms with E-state index in [1.54, 1.807) is 0 Å². The average molecular weight is 431 g/mol. The van der Waals surface area contributed by atoms with Gasteiger partial charge in [-0.15, -0.1) is 0 Å². The van der Waals surface area contributed by atoms with Gasteiger partial charge in [-0.05, 0) is 122 Å².